The molecule has 0 aliphatic heterocycles. The summed E-state index contributed by atoms with van der Waals surface area (Å²) in [4.78, 5) is -2.70. The van der Waals surface area contributed by atoms with Crippen molar-refractivity contribution in [2.24, 2.45) is 5.92 Å². The molecule has 0 aromatic rings. The molecule has 1 fully saturated rings. The normalized spacial score (nSPS) is 34.8. The Morgan fingerprint density at radius 2 is 1.90 bits per heavy atom. The highest BCUT2D eigenvalue weighted by Gasteiger charge is 2.43. The average Bonchev–Trinajstić information content (AvgIpc) is 2.11. The van der Waals surface area contributed by atoms with Gasteiger partial charge in [-0.05, 0) is 28.8 Å². The molecule has 0 N–H and O–H groups in total. The molecular formula is C6H8Br2F2. The number of alkyl halides is 4. The first-order valence-corrected chi connectivity index (χ1v) is 4.93. The summed E-state index contributed by atoms with van der Waals surface area (Å²) in [7, 11) is 0. The third-order valence-corrected chi connectivity index (χ3v) is 3.54. The Morgan fingerprint density at radius 3 is 2.10 bits per heavy atom. The first-order chi connectivity index (χ1) is 4.52. The molecule has 2 atom stereocenters. The van der Waals surface area contributed by atoms with Gasteiger partial charge >= 0.3 is 4.83 Å². The van der Waals surface area contributed by atoms with Crippen LogP contribution in [0.4, 0.5) is 8.78 Å². The Bertz CT molecular complexity index is 121. The molecule has 0 heterocycles. The zero-order valence-corrected chi connectivity index (χ0v) is 8.46. The highest BCUT2D eigenvalue weighted by atomic mass is 79.9. The molecule has 1 aliphatic rings. The van der Waals surface area contributed by atoms with Crippen LogP contribution < -0.4 is 0 Å². The van der Waals surface area contributed by atoms with E-state index in [1.54, 1.807) is 0 Å². The summed E-state index contributed by atoms with van der Waals surface area (Å²) in [6.07, 6.45) is 2.39. The Morgan fingerprint density at radius 1 is 1.30 bits per heavy atom. The molecule has 0 radical (unpaired) electrons. The van der Waals surface area contributed by atoms with Crippen LogP contribution in [0.2, 0.25) is 0 Å². The highest BCUT2D eigenvalue weighted by Crippen LogP contribution is 2.44. The van der Waals surface area contributed by atoms with E-state index in [0.29, 0.717) is 6.42 Å². The van der Waals surface area contributed by atoms with Gasteiger partial charge in [0.2, 0.25) is 0 Å². The summed E-state index contributed by atoms with van der Waals surface area (Å²) in [5.74, 6) is -0.521. The standard InChI is InChI=1S/C6H8Br2F2/c7-5-3-1-2-4(5)6(8,9)10/h4-5H,1-3H2/t4-,5-/m1/s1. The molecule has 1 saturated carbocycles. The van der Waals surface area contributed by atoms with Gasteiger partial charge < -0.3 is 0 Å². The monoisotopic (exact) mass is 276 g/mol. The number of rotatable bonds is 1. The van der Waals surface area contributed by atoms with E-state index in [1.807, 2.05) is 0 Å². The van der Waals surface area contributed by atoms with E-state index in [1.165, 1.54) is 0 Å². The first kappa shape index (κ1) is 8.91. The molecule has 10 heavy (non-hydrogen) atoms. The van der Waals surface area contributed by atoms with E-state index in [2.05, 4.69) is 31.9 Å². The van der Waals surface area contributed by atoms with Crippen molar-refractivity contribution in [3.8, 4) is 0 Å². The van der Waals surface area contributed by atoms with Crippen LogP contribution in [0, 0.1) is 5.92 Å². The van der Waals surface area contributed by atoms with Crippen LogP contribution in [0.1, 0.15) is 19.3 Å². The van der Waals surface area contributed by atoms with Gasteiger partial charge in [-0.3, -0.25) is 0 Å². The van der Waals surface area contributed by atoms with Gasteiger partial charge in [0, 0.05) is 10.7 Å². The molecule has 60 valence electrons. The van der Waals surface area contributed by atoms with Crippen LogP contribution in [-0.4, -0.2) is 9.66 Å². The summed E-state index contributed by atoms with van der Waals surface area (Å²) in [5, 5.41) is 0. The van der Waals surface area contributed by atoms with Gasteiger partial charge in [-0.2, -0.15) is 8.78 Å². The third-order valence-electron chi connectivity index (χ3n) is 1.85. The molecule has 0 unspecified atom stereocenters. The van der Waals surface area contributed by atoms with E-state index < -0.39 is 10.7 Å². The minimum Gasteiger partial charge on any atom is -0.193 e. The Labute approximate surface area is 75.6 Å². The lowest BCUT2D eigenvalue weighted by Gasteiger charge is -2.19. The van der Waals surface area contributed by atoms with Crippen LogP contribution in [0.5, 0.6) is 0 Å². The smallest absolute Gasteiger partial charge is 0.193 e. The Kier molecular flexibility index (Phi) is 2.72. The van der Waals surface area contributed by atoms with Crippen LogP contribution in [0.15, 0.2) is 0 Å². The number of hydrogen-bond acceptors (Lipinski definition) is 0. The molecule has 4 heteroatoms. The van der Waals surface area contributed by atoms with Gasteiger partial charge in [0.05, 0.1) is 0 Å². The van der Waals surface area contributed by atoms with Crippen LogP contribution in [0.25, 0.3) is 0 Å². The lowest BCUT2D eigenvalue weighted by molar-refractivity contribution is 0.0522. The van der Waals surface area contributed by atoms with Crippen LogP contribution >= 0.6 is 31.9 Å². The van der Waals surface area contributed by atoms with Crippen molar-refractivity contribution in [1.82, 2.24) is 0 Å². The molecular weight excluding hydrogens is 270 g/mol. The molecule has 1 rings (SSSR count). The van der Waals surface area contributed by atoms with Crippen molar-refractivity contribution < 1.29 is 8.78 Å². The number of hydrogen-bond donors (Lipinski definition) is 0. The van der Waals surface area contributed by atoms with Gasteiger partial charge in [0.25, 0.3) is 0 Å². The molecule has 0 aromatic heterocycles. The van der Waals surface area contributed by atoms with Gasteiger partial charge in [-0.25, -0.2) is 0 Å². The molecule has 0 saturated heterocycles. The lowest BCUT2D eigenvalue weighted by atomic mass is 10.1. The number of halogens is 4. The van der Waals surface area contributed by atoms with E-state index in [4.69, 9.17) is 0 Å². The minimum absolute atomic E-state index is 0.0122. The molecule has 0 nitrogen and oxygen atoms in total. The summed E-state index contributed by atoms with van der Waals surface area (Å²) in [6, 6.07) is 0. The molecule has 0 aromatic carbocycles. The molecule has 0 bridgehead atoms. The zero-order chi connectivity index (χ0) is 7.78. The third kappa shape index (κ3) is 1.91. The maximum Gasteiger partial charge on any atom is 0.305 e. The second kappa shape index (κ2) is 3.05. The molecule has 1 aliphatic carbocycles. The van der Waals surface area contributed by atoms with Crippen molar-refractivity contribution in [3.63, 3.8) is 0 Å². The van der Waals surface area contributed by atoms with E-state index >= 15 is 0 Å². The van der Waals surface area contributed by atoms with Crippen molar-refractivity contribution in [3.05, 3.63) is 0 Å². The average molecular weight is 278 g/mol. The van der Waals surface area contributed by atoms with Crippen LogP contribution in [0.3, 0.4) is 0 Å². The van der Waals surface area contributed by atoms with E-state index in [-0.39, 0.29) is 4.83 Å². The van der Waals surface area contributed by atoms with E-state index in [0.717, 1.165) is 12.8 Å². The van der Waals surface area contributed by atoms with Crippen molar-refractivity contribution >= 4 is 31.9 Å². The SMILES string of the molecule is FC(F)(Br)[C@@H]1CCC[C@H]1Br. The van der Waals surface area contributed by atoms with Crippen molar-refractivity contribution in [2.45, 2.75) is 28.9 Å². The van der Waals surface area contributed by atoms with Gasteiger partial charge in [-0.15, -0.1) is 0 Å². The largest absolute Gasteiger partial charge is 0.305 e. The fraction of sp³-hybridized carbons (Fsp3) is 1.00. The topological polar surface area (TPSA) is 0 Å². The predicted octanol–water partition coefficient (Wildman–Crippen LogP) is 3.54. The lowest BCUT2D eigenvalue weighted by Crippen LogP contribution is -2.24. The summed E-state index contributed by atoms with van der Waals surface area (Å²) >= 11 is 5.61. The predicted molar refractivity (Wildman–Crippen MR) is 43.9 cm³/mol. The quantitative estimate of drug-likeness (QED) is 0.643. The summed E-state index contributed by atoms with van der Waals surface area (Å²) < 4.78 is 25.1. The summed E-state index contributed by atoms with van der Waals surface area (Å²) in [6.45, 7) is 0. The summed E-state index contributed by atoms with van der Waals surface area (Å²) in [5.41, 5.74) is 0. The maximum absolute atomic E-state index is 12.6. The second-order valence-corrected chi connectivity index (χ2v) is 4.83. The van der Waals surface area contributed by atoms with Crippen molar-refractivity contribution in [1.29, 1.82) is 0 Å². The molecule has 0 spiro atoms. The van der Waals surface area contributed by atoms with Gasteiger partial charge in [0.1, 0.15) is 0 Å². The Hall–Kier alpha value is 0.820. The fourth-order valence-corrected chi connectivity index (χ4v) is 3.11. The maximum atomic E-state index is 12.6. The Balaban J connectivity index is 2.55. The van der Waals surface area contributed by atoms with Crippen molar-refractivity contribution in [2.75, 3.05) is 0 Å². The van der Waals surface area contributed by atoms with Gasteiger partial charge in [-0.1, -0.05) is 22.4 Å². The first-order valence-electron chi connectivity index (χ1n) is 3.22. The van der Waals surface area contributed by atoms with E-state index in [9.17, 15) is 8.78 Å². The fourth-order valence-electron chi connectivity index (χ4n) is 1.28. The van der Waals surface area contributed by atoms with Gasteiger partial charge in [0.15, 0.2) is 0 Å². The zero-order valence-electron chi connectivity index (χ0n) is 5.29. The highest BCUT2D eigenvalue weighted by molar-refractivity contribution is 9.10. The second-order valence-electron chi connectivity index (χ2n) is 2.60. The molecule has 0 amide bonds. The van der Waals surface area contributed by atoms with Crippen LogP contribution in [-0.2, 0) is 0 Å². The minimum atomic E-state index is -2.68.